The summed E-state index contributed by atoms with van der Waals surface area (Å²) in [7, 11) is 1.60. The molecule has 34 heavy (non-hydrogen) atoms. The van der Waals surface area contributed by atoms with Gasteiger partial charge in [-0.05, 0) is 52.7 Å². The van der Waals surface area contributed by atoms with Crippen LogP contribution in [0.3, 0.4) is 0 Å². The van der Waals surface area contributed by atoms with E-state index >= 15 is 0 Å². The topological polar surface area (TPSA) is 59.1 Å². The summed E-state index contributed by atoms with van der Waals surface area (Å²) in [5.74, 6) is -0.628. The van der Waals surface area contributed by atoms with Gasteiger partial charge in [-0.3, -0.25) is 14.4 Å². The van der Waals surface area contributed by atoms with E-state index in [4.69, 9.17) is 9.57 Å². The van der Waals surface area contributed by atoms with Crippen molar-refractivity contribution in [3.8, 4) is 5.75 Å². The Kier molecular flexibility index (Phi) is 4.81. The minimum atomic E-state index is -0.907. The van der Waals surface area contributed by atoms with Gasteiger partial charge in [0.1, 0.15) is 11.7 Å². The van der Waals surface area contributed by atoms with Crippen molar-refractivity contribution in [3.05, 3.63) is 103 Å². The van der Waals surface area contributed by atoms with Gasteiger partial charge in [-0.25, -0.2) is 9.96 Å². The number of hydroxylamine groups is 1. The lowest BCUT2D eigenvalue weighted by molar-refractivity contribution is -0.126. The molecule has 2 amide bonds. The van der Waals surface area contributed by atoms with Gasteiger partial charge >= 0.3 is 0 Å². The number of hydrogen-bond donors (Lipinski definition) is 0. The molecule has 2 saturated heterocycles. The summed E-state index contributed by atoms with van der Waals surface area (Å²) in [5, 5.41) is 3.71. The average Bonchev–Trinajstić information content (AvgIpc) is 3.40. The number of nitrogens with zero attached hydrogens (tertiary/aromatic N) is 2. The van der Waals surface area contributed by atoms with Gasteiger partial charge in [-0.1, -0.05) is 60.7 Å². The molecule has 2 heterocycles. The van der Waals surface area contributed by atoms with Gasteiger partial charge < -0.3 is 4.74 Å². The Bertz CT molecular complexity index is 1400. The van der Waals surface area contributed by atoms with Crippen LogP contribution in [0, 0.1) is 5.92 Å². The maximum atomic E-state index is 13.8. The molecule has 2 aliphatic heterocycles. The van der Waals surface area contributed by atoms with Crippen LogP contribution >= 0.6 is 0 Å². The number of methoxy groups -OCH3 is 1. The van der Waals surface area contributed by atoms with Crippen LogP contribution < -0.4 is 14.7 Å². The van der Waals surface area contributed by atoms with Gasteiger partial charge in [0.2, 0.25) is 5.91 Å². The van der Waals surface area contributed by atoms with Gasteiger partial charge in [-0.2, -0.15) is 0 Å². The number of para-hydroxylation sites is 1. The number of ether oxygens (including phenoxy) is 1. The fourth-order valence-corrected chi connectivity index (χ4v) is 4.95. The van der Waals surface area contributed by atoms with E-state index < -0.39 is 18.1 Å². The SMILES string of the molecule is COc1cccc([C@H]2[C@@H]3C(=O)N(c4ccc5ccccc5c4)C(=O)[C@@H]3ON2c2ccccc2)c1. The van der Waals surface area contributed by atoms with Crippen molar-refractivity contribution in [1.82, 2.24) is 0 Å². The lowest BCUT2D eigenvalue weighted by Crippen LogP contribution is -2.37. The van der Waals surface area contributed by atoms with E-state index in [2.05, 4.69) is 0 Å². The molecule has 0 aromatic heterocycles. The van der Waals surface area contributed by atoms with Gasteiger partial charge in [0.25, 0.3) is 5.91 Å². The van der Waals surface area contributed by atoms with Crippen molar-refractivity contribution in [2.75, 3.05) is 17.1 Å². The summed E-state index contributed by atoms with van der Waals surface area (Å²) >= 11 is 0. The van der Waals surface area contributed by atoms with Crippen LogP contribution in [-0.4, -0.2) is 25.0 Å². The molecule has 0 bridgehead atoms. The molecule has 4 aromatic carbocycles. The Hall–Kier alpha value is -4.16. The van der Waals surface area contributed by atoms with Crippen molar-refractivity contribution < 1.29 is 19.2 Å². The molecular formula is C28H22N2O4. The molecule has 6 nitrogen and oxygen atoms in total. The molecule has 168 valence electrons. The van der Waals surface area contributed by atoms with E-state index in [0.717, 1.165) is 22.0 Å². The second-order valence-electron chi connectivity index (χ2n) is 8.48. The molecule has 0 N–H and O–H groups in total. The number of benzene rings is 4. The van der Waals surface area contributed by atoms with E-state index in [1.807, 2.05) is 97.1 Å². The Labute approximate surface area is 196 Å². The van der Waals surface area contributed by atoms with E-state index in [0.29, 0.717) is 11.4 Å². The average molecular weight is 450 g/mol. The normalized spacial score (nSPS) is 21.9. The van der Waals surface area contributed by atoms with Gasteiger partial charge in [0.05, 0.1) is 24.5 Å². The van der Waals surface area contributed by atoms with E-state index in [1.165, 1.54) is 4.90 Å². The molecule has 0 aliphatic carbocycles. The quantitative estimate of drug-likeness (QED) is 0.414. The number of amides is 2. The van der Waals surface area contributed by atoms with Crippen molar-refractivity contribution in [1.29, 1.82) is 0 Å². The maximum absolute atomic E-state index is 13.8. The third-order valence-corrected chi connectivity index (χ3v) is 6.55. The van der Waals surface area contributed by atoms with E-state index in [9.17, 15) is 9.59 Å². The summed E-state index contributed by atoms with van der Waals surface area (Å²) in [6, 6.07) is 30.1. The number of rotatable bonds is 4. The zero-order valence-corrected chi connectivity index (χ0v) is 18.5. The highest BCUT2D eigenvalue weighted by atomic mass is 16.7. The molecule has 3 atom stereocenters. The third kappa shape index (κ3) is 3.15. The fraction of sp³-hybridized carbons (Fsp3) is 0.143. The molecule has 0 spiro atoms. The summed E-state index contributed by atoms with van der Waals surface area (Å²) in [6.07, 6.45) is -0.907. The number of fused-ring (bicyclic) bond motifs is 2. The summed E-state index contributed by atoms with van der Waals surface area (Å²) in [4.78, 5) is 34.8. The van der Waals surface area contributed by atoms with E-state index in [1.54, 1.807) is 12.2 Å². The molecule has 0 radical (unpaired) electrons. The van der Waals surface area contributed by atoms with Crippen molar-refractivity contribution in [2.45, 2.75) is 12.1 Å². The standard InChI is InChI=1S/C28H22N2O4/c1-33-23-13-7-10-20(17-23)25-24-26(34-30(25)21-11-3-2-4-12-21)28(32)29(27(24)31)22-15-14-18-8-5-6-9-19(18)16-22/h2-17,24-26H,1H3/t24-,25-,26+/m0/s1. The van der Waals surface area contributed by atoms with E-state index in [-0.39, 0.29) is 11.8 Å². The summed E-state index contributed by atoms with van der Waals surface area (Å²) in [5.41, 5.74) is 2.18. The van der Waals surface area contributed by atoms with Crippen LogP contribution in [0.1, 0.15) is 11.6 Å². The van der Waals surface area contributed by atoms with Gasteiger partial charge in [-0.15, -0.1) is 0 Å². The fourth-order valence-electron chi connectivity index (χ4n) is 4.95. The number of imide groups is 1. The van der Waals surface area contributed by atoms with Crippen LogP contribution in [-0.2, 0) is 14.4 Å². The first-order chi connectivity index (χ1) is 16.7. The van der Waals surface area contributed by atoms with Crippen LogP contribution in [0.4, 0.5) is 11.4 Å². The number of hydrogen-bond acceptors (Lipinski definition) is 5. The maximum Gasteiger partial charge on any atom is 0.266 e. The van der Waals surface area contributed by atoms with Crippen LogP contribution in [0.25, 0.3) is 10.8 Å². The molecule has 6 heteroatoms. The zero-order chi connectivity index (χ0) is 23.2. The minimum absolute atomic E-state index is 0.267. The lowest BCUT2D eigenvalue weighted by Gasteiger charge is -2.29. The molecular weight excluding hydrogens is 428 g/mol. The second kappa shape index (κ2) is 8.01. The Morgan fingerprint density at radius 1 is 0.735 bits per heavy atom. The van der Waals surface area contributed by atoms with Crippen molar-refractivity contribution in [3.63, 3.8) is 0 Å². The molecule has 4 aromatic rings. The second-order valence-corrected chi connectivity index (χ2v) is 8.48. The Balaban J connectivity index is 1.44. The third-order valence-electron chi connectivity index (χ3n) is 6.55. The predicted octanol–water partition coefficient (Wildman–Crippen LogP) is 4.90. The monoisotopic (exact) mass is 450 g/mol. The highest BCUT2D eigenvalue weighted by Crippen LogP contribution is 2.48. The molecule has 2 fully saturated rings. The molecule has 0 unspecified atom stereocenters. The number of anilines is 2. The zero-order valence-electron chi connectivity index (χ0n) is 18.5. The predicted molar refractivity (Wildman–Crippen MR) is 129 cm³/mol. The van der Waals surface area contributed by atoms with Gasteiger partial charge in [0, 0.05) is 0 Å². The van der Waals surface area contributed by atoms with Crippen LogP contribution in [0.2, 0.25) is 0 Å². The molecule has 2 aliphatic rings. The van der Waals surface area contributed by atoms with Gasteiger partial charge in [0.15, 0.2) is 6.10 Å². The minimum Gasteiger partial charge on any atom is -0.497 e. The number of carbonyl (C=O) groups excluding carboxylic acids is 2. The van der Waals surface area contributed by atoms with Crippen LogP contribution in [0.15, 0.2) is 97.1 Å². The molecule has 0 saturated carbocycles. The smallest absolute Gasteiger partial charge is 0.266 e. The lowest BCUT2D eigenvalue weighted by atomic mass is 9.90. The largest absolute Gasteiger partial charge is 0.497 e. The first kappa shape index (κ1) is 20.4. The first-order valence-corrected chi connectivity index (χ1v) is 11.2. The number of carbonyl (C=O) groups is 2. The summed E-state index contributed by atoms with van der Waals surface area (Å²) in [6.45, 7) is 0. The Morgan fingerprint density at radius 2 is 1.50 bits per heavy atom. The highest BCUT2D eigenvalue weighted by Gasteiger charge is 2.60. The van der Waals surface area contributed by atoms with Crippen molar-refractivity contribution in [2.24, 2.45) is 5.92 Å². The van der Waals surface area contributed by atoms with Crippen molar-refractivity contribution >= 4 is 34.0 Å². The first-order valence-electron chi connectivity index (χ1n) is 11.2. The van der Waals surface area contributed by atoms with Crippen LogP contribution in [0.5, 0.6) is 5.75 Å². The highest BCUT2D eigenvalue weighted by molar-refractivity contribution is 6.24. The molecule has 6 rings (SSSR count). The Morgan fingerprint density at radius 3 is 2.29 bits per heavy atom. The summed E-state index contributed by atoms with van der Waals surface area (Å²) < 4.78 is 5.42.